The number of nitro groups is 1. The molecule has 7 nitrogen and oxygen atoms in total. The Kier molecular flexibility index (Phi) is 2.95. The number of carboxylic acid groups (broad SMARTS) is 1. The van der Waals surface area contributed by atoms with Crippen LogP contribution in [0.15, 0.2) is 18.2 Å². The van der Waals surface area contributed by atoms with E-state index in [1.165, 1.54) is 0 Å². The summed E-state index contributed by atoms with van der Waals surface area (Å²) in [7, 11) is 0. The van der Waals surface area contributed by atoms with E-state index >= 15 is 0 Å². The van der Waals surface area contributed by atoms with Crippen molar-refractivity contribution in [3.05, 3.63) is 45.6 Å². The second kappa shape index (κ2) is 4.44. The molecule has 2 aromatic rings. The second-order valence-corrected chi connectivity index (χ2v) is 3.52. The second-order valence-electron chi connectivity index (χ2n) is 3.52. The maximum Gasteiger partial charge on any atom is 0.353 e. The molecule has 0 spiro atoms. The van der Waals surface area contributed by atoms with Gasteiger partial charge >= 0.3 is 11.7 Å². The van der Waals surface area contributed by atoms with E-state index in [-0.39, 0.29) is 17.0 Å². The molecule has 19 heavy (non-hydrogen) atoms. The third-order valence-electron chi connectivity index (χ3n) is 2.31. The molecule has 0 aliphatic heterocycles. The van der Waals surface area contributed by atoms with Crippen LogP contribution in [0.3, 0.4) is 0 Å². The largest absolute Gasteiger partial charge is 0.477 e. The average Bonchev–Trinajstić information content (AvgIpc) is 2.81. The zero-order valence-corrected chi connectivity index (χ0v) is 9.05. The van der Waals surface area contributed by atoms with Crippen LogP contribution in [0.1, 0.15) is 10.5 Å². The first kappa shape index (κ1) is 12.6. The number of carboxylic acids is 1. The minimum absolute atomic E-state index is 0.0422. The number of nitrogens with zero attached hydrogens (tertiary/aromatic N) is 2. The predicted octanol–water partition coefficient (Wildman–Crippen LogP) is 1.96. The molecule has 0 saturated heterocycles. The Morgan fingerprint density at radius 1 is 1.37 bits per heavy atom. The van der Waals surface area contributed by atoms with Gasteiger partial charge in [0, 0.05) is 11.6 Å². The van der Waals surface area contributed by atoms with Crippen molar-refractivity contribution in [3.63, 3.8) is 0 Å². The Morgan fingerprint density at radius 3 is 2.58 bits per heavy atom. The van der Waals surface area contributed by atoms with Gasteiger partial charge in [-0.15, -0.1) is 0 Å². The molecular formula is C10H5F2N3O4. The number of halogens is 2. The maximum absolute atomic E-state index is 13.2. The number of rotatable bonds is 3. The van der Waals surface area contributed by atoms with Crippen LogP contribution in [0.4, 0.5) is 14.5 Å². The lowest BCUT2D eigenvalue weighted by molar-refractivity contribution is -0.387. The smallest absolute Gasteiger partial charge is 0.353 e. The van der Waals surface area contributed by atoms with Crippen LogP contribution in [0.5, 0.6) is 0 Å². The fourth-order valence-electron chi connectivity index (χ4n) is 1.43. The van der Waals surface area contributed by atoms with Crippen molar-refractivity contribution in [2.75, 3.05) is 0 Å². The molecule has 0 amide bonds. The highest BCUT2D eigenvalue weighted by Crippen LogP contribution is 2.27. The molecule has 9 heteroatoms. The standard InChI is InChI=1S/C10H5F2N3O4/c11-5-1-4(2-8(9(5)12)15(18)19)6-3-7(10(16)17)14-13-6/h1-3H,(H,13,14)(H,16,17). The maximum atomic E-state index is 13.2. The molecular weight excluding hydrogens is 264 g/mol. The van der Waals surface area contributed by atoms with Crippen molar-refractivity contribution in [1.82, 2.24) is 10.2 Å². The lowest BCUT2D eigenvalue weighted by Crippen LogP contribution is -1.96. The minimum Gasteiger partial charge on any atom is -0.477 e. The van der Waals surface area contributed by atoms with Gasteiger partial charge in [-0.1, -0.05) is 0 Å². The van der Waals surface area contributed by atoms with Crippen molar-refractivity contribution in [1.29, 1.82) is 0 Å². The number of carbonyl (C=O) groups is 1. The molecule has 0 saturated carbocycles. The van der Waals surface area contributed by atoms with Crippen LogP contribution >= 0.6 is 0 Å². The summed E-state index contributed by atoms with van der Waals surface area (Å²) in [6, 6.07) is 2.53. The van der Waals surface area contributed by atoms with Crippen LogP contribution in [0, 0.1) is 21.7 Å². The summed E-state index contributed by atoms with van der Waals surface area (Å²) in [5.41, 5.74) is -1.47. The SMILES string of the molecule is O=C(O)c1cc(-c2cc(F)c(F)c([N+](=O)[O-])c2)n[nH]1. The van der Waals surface area contributed by atoms with E-state index < -0.39 is 28.2 Å². The van der Waals surface area contributed by atoms with E-state index in [2.05, 4.69) is 10.2 Å². The fraction of sp³-hybridized carbons (Fsp3) is 0. The van der Waals surface area contributed by atoms with E-state index in [0.29, 0.717) is 6.07 Å². The average molecular weight is 269 g/mol. The lowest BCUT2D eigenvalue weighted by Gasteiger charge is -1.99. The van der Waals surface area contributed by atoms with E-state index in [1.54, 1.807) is 0 Å². The number of aromatic amines is 1. The van der Waals surface area contributed by atoms with Gasteiger partial charge in [-0.25, -0.2) is 9.18 Å². The number of aromatic carboxylic acids is 1. The normalized spacial score (nSPS) is 10.4. The summed E-state index contributed by atoms with van der Waals surface area (Å²) in [6.07, 6.45) is 0. The number of hydrogen-bond donors (Lipinski definition) is 2. The molecule has 1 aromatic heterocycles. The summed E-state index contributed by atoms with van der Waals surface area (Å²) in [6.45, 7) is 0. The molecule has 2 N–H and O–H groups in total. The van der Waals surface area contributed by atoms with Crippen molar-refractivity contribution in [2.45, 2.75) is 0 Å². The Hall–Kier alpha value is -2.84. The minimum atomic E-state index is -1.58. The molecule has 98 valence electrons. The summed E-state index contributed by atoms with van der Waals surface area (Å²) < 4.78 is 26.4. The molecule has 0 bridgehead atoms. The number of H-pyrrole nitrogens is 1. The molecule has 0 radical (unpaired) electrons. The summed E-state index contributed by atoms with van der Waals surface area (Å²) >= 11 is 0. The third kappa shape index (κ3) is 2.25. The van der Waals surface area contributed by atoms with Gasteiger partial charge in [-0.2, -0.15) is 9.49 Å². The summed E-state index contributed by atoms with van der Waals surface area (Å²) in [4.78, 5) is 20.1. The van der Waals surface area contributed by atoms with E-state index in [0.717, 1.165) is 12.1 Å². The van der Waals surface area contributed by atoms with Gasteiger partial charge in [-0.05, 0) is 12.1 Å². The quantitative estimate of drug-likeness (QED) is 0.653. The Bertz CT molecular complexity index is 683. The molecule has 0 fully saturated rings. The van der Waals surface area contributed by atoms with E-state index in [4.69, 9.17) is 5.11 Å². The highest BCUT2D eigenvalue weighted by Gasteiger charge is 2.21. The highest BCUT2D eigenvalue weighted by atomic mass is 19.2. The molecule has 0 aliphatic rings. The molecule has 1 heterocycles. The molecule has 0 atom stereocenters. The summed E-state index contributed by atoms with van der Waals surface area (Å²) in [5.74, 6) is -4.29. The van der Waals surface area contributed by atoms with Gasteiger partial charge in [0.05, 0.1) is 10.6 Å². The first-order valence-corrected chi connectivity index (χ1v) is 4.82. The lowest BCUT2D eigenvalue weighted by atomic mass is 10.1. The fourth-order valence-corrected chi connectivity index (χ4v) is 1.43. The first-order chi connectivity index (χ1) is 8.90. The van der Waals surface area contributed by atoms with Crippen LogP contribution in [-0.4, -0.2) is 26.2 Å². The van der Waals surface area contributed by atoms with E-state index in [9.17, 15) is 23.7 Å². The predicted molar refractivity (Wildman–Crippen MR) is 57.6 cm³/mol. The monoisotopic (exact) mass is 269 g/mol. The zero-order chi connectivity index (χ0) is 14.2. The Balaban J connectivity index is 2.56. The zero-order valence-electron chi connectivity index (χ0n) is 9.05. The van der Waals surface area contributed by atoms with Gasteiger partial charge in [0.15, 0.2) is 5.82 Å². The van der Waals surface area contributed by atoms with Crippen molar-refractivity contribution in [2.24, 2.45) is 0 Å². The number of hydrogen-bond acceptors (Lipinski definition) is 4. The van der Waals surface area contributed by atoms with Crippen LogP contribution < -0.4 is 0 Å². The van der Waals surface area contributed by atoms with Crippen molar-refractivity contribution >= 4 is 11.7 Å². The van der Waals surface area contributed by atoms with Gasteiger partial charge in [0.25, 0.3) is 0 Å². The number of benzene rings is 1. The number of nitro benzene ring substituents is 1. The van der Waals surface area contributed by atoms with Gasteiger partial charge in [0.1, 0.15) is 5.69 Å². The topological polar surface area (TPSA) is 109 Å². The molecule has 0 aliphatic carbocycles. The Morgan fingerprint density at radius 2 is 2.05 bits per heavy atom. The van der Waals surface area contributed by atoms with Gasteiger partial charge in [0.2, 0.25) is 5.82 Å². The summed E-state index contributed by atoms with van der Waals surface area (Å²) in [5, 5.41) is 24.9. The van der Waals surface area contributed by atoms with E-state index in [1.807, 2.05) is 0 Å². The molecule has 1 aromatic carbocycles. The Labute approximate surface area is 103 Å². The van der Waals surface area contributed by atoms with Crippen molar-refractivity contribution < 1.29 is 23.6 Å². The highest BCUT2D eigenvalue weighted by molar-refractivity contribution is 5.86. The van der Waals surface area contributed by atoms with Crippen molar-refractivity contribution in [3.8, 4) is 11.3 Å². The molecule has 0 unspecified atom stereocenters. The van der Waals surface area contributed by atoms with Gasteiger partial charge < -0.3 is 5.11 Å². The van der Waals surface area contributed by atoms with Crippen LogP contribution in [0.25, 0.3) is 11.3 Å². The number of aromatic nitrogens is 2. The number of nitrogens with one attached hydrogen (secondary N) is 1. The first-order valence-electron chi connectivity index (χ1n) is 4.82. The van der Waals surface area contributed by atoms with Crippen LogP contribution in [0.2, 0.25) is 0 Å². The van der Waals surface area contributed by atoms with Gasteiger partial charge in [-0.3, -0.25) is 15.2 Å². The molecule has 2 rings (SSSR count). The van der Waals surface area contributed by atoms with Crippen LogP contribution in [-0.2, 0) is 0 Å². The third-order valence-corrected chi connectivity index (χ3v) is 2.31.